The van der Waals surface area contributed by atoms with Gasteiger partial charge in [0, 0.05) is 12.7 Å². The van der Waals surface area contributed by atoms with E-state index in [9.17, 15) is 14.4 Å². The lowest BCUT2D eigenvalue weighted by molar-refractivity contribution is -0.139. The van der Waals surface area contributed by atoms with Crippen molar-refractivity contribution in [2.24, 2.45) is 0 Å². The number of likely N-dealkylation sites (N-methyl/N-ethyl adjacent to an activating group) is 1. The standard InChI is InChI=1S/C28H39N3O5S/c1-18-10-9-11-22(19(18)2)24(25(32)29-20-12-14-21(35-7)15-13-20)31(6)26(33)23(16-17-37-8)30-27(34)36-28(3,4)5/h9-15,23-24H,16-17H2,1-8H3,(H,29,32)(H,30,34). The van der Waals surface area contributed by atoms with Gasteiger partial charge in [-0.2, -0.15) is 11.8 Å². The number of anilines is 1. The number of aryl methyl sites for hydroxylation is 1. The molecule has 2 unspecified atom stereocenters. The predicted octanol–water partition coefficient (Wildman–Crippen LogP) is 5.10. The Balaban J connectivity index is 2.41. The minimum Gasteiger partial charge on any atom is -0.497 e. The Bertz CT molecular complexity index is 1080. The number of alkyl carbamates (subject to hydrolysis) is 1. The van der Waals surface area contributed by atoms with Crippen molar-refractivity contribution in [2.45, 2.75) is 58.7 Å². The highest BCUT2D eigenvalue weighted by atomic mass is 32.2. The minimum absolute atomic E-state index is 0.365. The molecule has 2 aromatic carbocycles. The summed E-state index contributed by atoms with van der Waals surface area (Å²) in [4.78, 5) is 41.4. The third-order valence-electron chi connectivity index (χ3n) is 5.88. The largest absolute Gasteiger partial charge is 0.497 e. The molecule has 0 aliphatic heterocycles. The van der Waals surface area contributed by atoms with E-state index in [1.165, 1.54) is 4.90 Å². The van der Waals surface area contributed by atoms with Gasteiger partial charge in [0.15, 0.2) is 0 Å². The van der Waals surface area contributed by atoms with Gasteiger partial charge in [-0.3, -0.25) is 9.59 Å². The topological polar surface area (TPSA) is 97.0 Å². The number of carbonyl (C=O) groups excluding carboxylic acids is 3. The van der Waals surface area contributed by atoms with Crippen molar-refractivity contribution in [1.82, 2.24) is 10.2 Å². The van der Waals surface area contributed by atoms with Crippen molar-refractivity contribution in [2.75, 3.05) is 31.5 Å². The molecule has 0 saturated carbocycles. The van der Waals surface area contributed by atoms with Crippen LogP contribution < -0.4 is 15.4 Å². The van der Waals surface area contributed by atoms with Crippen LogP contribution in [0.5, 0.6) is 5.75 Å². The Morgan fingerprint density at radius 2 is 1.70 bits per heavy atom. The molecule has 2 atom stereocenters. The molecule has 2 N–H and O–H groups in total. The van der Waals surface area contributed by atoms with Crippen LogP contribution in [0.25, 0.3) is 0 Å². The van der Waals surface area contributed by atoms with E-state index in [0.29, 0.717) is 29.2 Å². The summed E-state index contributed by atoms with van der Waals surface area (Å²) in [6.07, 6.45) is 1.65. The van der Waals surface area contributed by atoms with Gasteiger partial charge in [0.25, 0.3) is 5.91 Å². The number of methoxy groups -OCH3 is 1. The number of amides is 3. The van der Waals surface area contributed by atoms with Crippen molar-refractivity contribution in [3.05, 3.63) is 59.2 Å². The molecule has 0 aromatic heterocycles. The Kier molecular flexibility index (Phi) is 10.9. The first-order valence-corrected chi connectivity index (χ1v) is 13.5. The molecule has 8 nitrogen and oxygen atoms in total. The molecule has 0 spiro atoms. The number of nitrogens with zero attached hydrogens (tertiary/aromatic N) is 1. The molecule has 0 saturated heterocycles. The highest BCUT2D eigenvalue weighted by Gasteiger charge is 2.35. The fourth-order valence-electron chi connectivity index (χ4n) is 3.80. The average molecular weight is 530 g/mol. The van der Waals surface area contributed by atoms with Gasteiger partial charge in [-0.15, -0.1) is 0 Å². The van der Waals surface area contributed by atoms with E-state index in [1.807, 2.05) is 38.3 Å². The van der Waals surface area contributed by atoms with Crippen LogP contribution in [0.3, 0.4) is 0 Å². The van der Waals surface area contributed by atoms with Crippen molar-refractivity contribution in [3.8, 4) is 5.75 Å². The molecule has 2 rings (SSSR count). The van der Waals surface area contributed by atoms with Crippen LogP contribution in [-0.2, 0) is 14.3 Å². The first-order chi connectivity index (χ1) is 17.4. The molecule has 0 bridgehead atoms. The average Bonchev–Trinajstić information content (AvgIpc) is 2.83. The van der Waals surface area contributed by atoms with Gasteiger partial charge < -0.3 is 25.0 Å². The Labute approximate surface area is 224 Å². The Hall–Kier alpha value is -3.20. The number of hydrogen-bond donors (Lipinski definition) is 2. The smallest absolute Gasteiger partial charge is 0.408 e. The van der Waals surface area contributed by atoms with Crippen molar-refractivity contribution >= 4 is 35.4 Å². The van der Waals surface area contributed by atoms with Gasteiger partial charge in [-0.1, -0.05) is 18.2 Å². The molecule has 0 aliphatic rings. The molecule has 0 fully saturated rings. The highest BCUT2D eigenvalue weighted by Crippen LogP contribution is 2.28. The van der Waals surface area contributed by atoms with E-state index in [4.69, 9.17) is 9.47 Å². The lowest BCUT2D eigenvalue weighted by atomic mass is 9.95. The van der Waals surface area contributed by atoms with Gasteiger partial charge in [0.2, 0.25) is 5.91 Å². The van der Waals surface area contributed by atoms with Crippen LogP contribution in [0.15, 0.2) is 42.5 Å². The number of rotatable bonds is 10. The fraction of sp³-hybridized carbons (Fsp3) is 0.464. The van der Waals surface area contributed by atoms with Gasteiger partial charge in [0.1, 0.15) is 23.4 Å². The third kappa shape index (κ3) is 8.70. The summed E-state index contributed by atoms with van der Waals surface area (Å²) < 4.78 is 10.6. The van der Waals surface area contributed by atoms with E-state index >= 15 is 0 Å². The second-order valence-electron chi connectivity index (χ2n) is 9.84. The molecule has 0 heterocycles. The van der Waals surface area contributed by atoms with Crippen molar-refractivity contribution < 1.29 is 23.9 Å². The molecule has 0 aliphatic carbocycles. The van der Waals surface area contributed by atoms with E-state index in [0.717, 1.165) is 11.1 Å². The van der Waals surface area contributed by atoms with E-state index < -0.39 is 23.8 Å². The first-order valence-electron chi connectivity index (χ1n) is 12.1. The summed E-state index contributed by atoms with van der Waals surface area (Å²) in [5, 5.41) is 5.64. The van der Waals surface area contributed by atoms with Crippen LogP contribution in [0.4, 0.5) is 10.5 Å². The van der Waals surface area contributed by atoms with Crippen LogP contribution >= 0.6 is 11.8 Å². The molecule has 37 heavy (non-hydrogen) atoms. The lowest BCUT2D eigenvalue weighted by Gasteiger charge is -2.32. The zero-order valence-corrected chi connectivity index (χ0v) is 23.8. The monoisotopic (exact) mass is 529 g/mol. The maximum atomic E-state index is 13.8. The summed E-state index contributed by atoms with van der Waals surface area (Å²) in [6.45, 7) is 9.18. The number of nitrogens with one attached hydrogen (secondary N) is 2. The highest BCUT2D eigenvalue weighted by molar-refractivity contribution is 7.98. The molecular weight excluding hydrogens is 490 g/mol. The molecule has 3 amide bonds. The maximum absolute atomic E-state index is 13.8. The molecule has 0 radical (unpaired) electrons. The third-order valence-corrected chi connectivity index (χ3v) is 6.53. The second-order valence-corrected chi connectivity index (χ2v) is 10.8. The molecular formula is C28H39N3O5S. The normalized spacial score (nSPS) is 12.8. The van der Waals surface area contributed by atoms with Crippen molar-refractivity contribution in [3.63, 3.8) is 0 Å². The zero-order chi connectivity index (χ0) is 27.8. The number of benzene rings is 2. The quantitative estimate of drug-likeness (QED) is 0.445. The van der Waals surface area contributed by atoms with Crippen LogP contribution in [0.1, 0.15) is 49.9 Å². The van der Waals surface area contributed by atoms with E-state index in [1.54, 1.807) is 71.0 Å². The predicted molar refractivity (Wildman–Crippen MR) is 149 cm³/mol. The van der Waals surface area contributed by atoms with Gasteiger partial charge in [0.05, 0.1) is 7.11 Å². The number of thioether (sulfide) groups is 1. The lowest BCUT2D eigenvalue weighted by Crippen LogP contribution is -2.51. The summed E-state index contributed by atoms with van der Waals surface area (Å²) in [5.74, 6) is 0.569. The molecule has 9 heteroatoms. The van der Waals surface area contributed by atoms with Gasteiger partial charge >= 0.3 is 6.09 Å². The Morgan fingerprint density at radius 1 is 1.05 bits per heavy atom. The van der Waals surface area contributed by atoms with Crippen LogP contribution in [0, 0.1) is 13.8 Å². The SMILES string of the molecule is COc1ccc(NC(=O)C(c2cccc(C)c2C)N(C)C(=O)C(CCSC)NC(=O)OC(C)(C)C)cc1. The second kappa shape index (κ2) is 13.4. The van der Waals surface area contributed by atoms with Crippen molar-refractivity contribution in [1.29, 1.82) is 0 Å². The molecule has 2 aromatic rings. The van der Waals surface area contributed by atoms with Gasteiger partial charge in [-0.25, -0.2) is 4.79 Å². The summed E-state index contributed by atoms with van der Waals surface area (Å²) in [5.41, 5.74) is 2.50. The fourth-order valence-corrected chi connectivity index (χ4v) is 4.27. The Morgan fingerprint density at radius 3 is 2.27 bits per heavy atom. The maximum Gasteiger partial charge on any atom is 0.408 e. The number of carbonyl (C=O) groups is 3. The molecule has 202 valence electrons. The first kappa shape index (κ1) is 30.0. The van der Waals surface area contributed by atoms with E-state index in [-0.39, 0.29) is 11.8 Å². The minimum atomic E-state index is -0.924. The van der Waals surface area contributed by atoms with Crippen LogP contribution in [-0.4, -0.2) is 60.6 Å². The zero-order valence-electron chi connectivity index (χ0n) is 23.0. The summed E-state index contributed by atoms with van der Waals surface area (Å²) in [6, 6.07) is 10.9. The summed E-state index contributed by atoms with van der Waals surface area (Å²) >= 11 is 1.57. The van der Waals surface area contributed by atoms with E-state index in [2.05, 4.69) is 10.6 Å². The van der Waals surface area contributed by atoms with Crippen LogP contribution in [0.2, 0.25) is 0 Å². The van der Waals surface area contributed by atoms with Gasteiger partial charge in [-0.05, 0) is 94.0 Å². The number of hydrogen-bond acceptors (Lipinski definition) is 6. The summed E-state index contributed by atoms with van der Waals surface area (Å²) in [7, 11) is 3.16. The number of ether oxygens (including phenoxy) is 2.